The number of aryl methyl sites for hydroxylation is 1. The minimum atomic E-state index is 0.683. The molecule has 5 rings (SSSR count). The SMILES string of the molecule is Clc1ccc(-n2c(Sc3ncnc4c3CCC4)nnc2-c2cccnc2)cc1. The summed E-state index contributed by atoms with van der Waals surface area (Å²) in [6, 6.07) is 11.5. The number of rotatable bonds is 4. The van der Waals surface area contributed by atoms with E-state index < -0.39 is 0 Å². The highest BCUT2D eigenvalue weighted by atomic mass is 35.5. The fourth-order valence-electron chi connectivity index (χ4n) is 3.34. The first-order valence-electron chi connectivity index (χ1n) is 8.92. The van der Waals surface area contributed by atoms with Gasteiger partial charge in [-0.1, -0.05) is 11.6 Å². The topological polar surface area (TPSA) is 69.4 Å². The minimum Gasteiger partial charge on any atom is -0.270 e. The van der Waals surface area contributed by atoms with Crippen LogP contribution in [0.2, 0.25) is 5.02 Å². The van der Waals surface area contributed by atoms with Gasteiger partial charge >= 0.3 is 0 Å². The number of nitrogens with zero attached hydrogens (tertiary/aromatic N) is 6. The van der Waals surface area contributed by atoms with Crippen molar-refractivity contribution in [3.8, 4) is 17.1 Å². The molecule has 0 amide bonds. The zero-order valence-corrected chi connectivity index (χ0v) is 16.4. The van der Waals surface area contributed by atoms with E-state index in [4.69, 9.17) is 11.6 Å². The van der Waals surface area contributed by atoms with Crippen molar-refractivity contribution in [2.45, 2.75) is 29.4 Å². The first-order chi connectivity index (χ1) is 13.8. The van der Waals surface area contributed by atoms with E-state index in [0.29, 0.717) is 5.02 Å². The van der Waals surface area contributed by atoms with E-state index in [2.05, 4.69) is 25.1 Å². The van der Waals surface area contributed by atoms with Crippen LogP contribution in [0.25, 0.3) is 17.1 Å². The Hall–Kier alpha value is -2.77. The second kappa shape index (κ2) is 7.33. The molecule has 8 heteroatoms. The third-order valence-electron chi connectivity index (χ3n) is 4.66. The van der Waals surface area contributed by atoms with Crippen LogP contribution in [0.15, 0.2) is 65.3 Å². The molecule has 1 aliphatic rings. The molecule has 1 aliphatic carbocycles. The van der Waals surface area contributed by atoms with Crippen molar-refractivity contribution in [3.63, 3.8) is 0 Å². The van der Waals surface area contributed by atoms with Crippen molar-refractivity contribution in [2.24, 2.45) is 0 Å². The van der Waals surface area contributed by atoms with E-state index in [1.54, 1.807) is 18.7 Å². The van der Waals surface area contributed by atoms with Gasteiger partial charge in [0.05, 0.1) is 0 Å². The molecule has 0 unspecified atom stereocenters. The van der Waals surface area contributed by atoms with Gasteiger partial charge in [-0.25, -0.2) is 9.97 Å². The van der Waals surface area contributed by atoms with Crippen molar-refractivity contribution in [2.75, 3.05) is 0 Å². The van der Waals surface area contributed by atoms with Gasteiger partial charge in [-0.15, -0.1) is 10.2 Å². The second-order valence-corrected chi connectivity index (χ2v) is 7.81. The number of pyridine rings is 1. The Labute approximate surface area is 171 Å². The largest absolute Gasteiger partial charge is 0.270 e. The average molecular weight is 407 g/mol. The quantitative estimate of drug-likeness (QED) is 0.467. The van der Waals surface area contributed by atoms with E-state index in [-0.39, 0.29) is 0 Å². The summed E-state index contributed by atoms with van der Waals surface area (Å²) in [7, 11) is 0. The van der Waals surface area contributed by atoms with Crippen molar-refractivity contribution in [1.29, 1.82) is 0 Å². The Kier molecular flexibility index (Phi) is 4.54. The van der Waals surface area contributed by atoms with Crippen molar-refractivity contribution >= 4 is 23.4 Å². The van der Waals surface area contributed by atoms with Crippen LogP contribution in [0.3, 0.4) is 0 Å². The summed E-state index contributed by atoms with van der Waals surface area (Å²) in [4.78, 5) is 13.1. The number of hydrogen-bond donors (Lipinski definition) is 0. The molecule has 0 spiro atoms. The molecule has 3 aromatic heterocycles. The molecular weight excluding hydrogens is 392 g/mol. The molecule has 4 aromatic rings. The molecule has 6 nitrogen and oxygen atoms in total. The lowest BCUT2D eigenvalue weighted by atomic mass is 10.2. The molecule has 0 bridgehead atoms. The van der Waals surface area contributed by atoms with Crippen LogP contribution in [-0.2, 0) is 12.8 Å². The predicted molar refractivity (Wildman–Crippen MR) is 108 cm³/mol. The van der Waals surface area contributed by atoms with Crippen molar-refractivity contribution in [1.82, 2.24) is 29.7 Å². The van der Waals surface area contributed by atoms with E-state index in [1.807, 2.05) is 41.0 Å². The van der Waals surface area contributed by atoms with Gasteiger partial charge < -0.3 is 0 Å². The van der Waals surface area contributed by atoms with Crippen LogP contribution in [0.1, 0.15) is 17.7 Å². The average Bonchev–Trinajstić information content (AvgIpc) is 3.37. The Bertz CT molecular complexity index is 1130. The summed E-state index contributed by atoms with van der Waals surface area (Å²) < 4.78 is 2.02. The van der Waals surface area contributed by atoms with Gasteiger partial charge in [-0.05, 0) is 67.4 Å². The molecule has 28 heavy (non-hydrogen) atoms. The van der Waals surface area contributed by atoms with Gasteiger partial charge in [-0.3, -0.25) is 9.55 Å². The summed E-state index contributed by atoms with van der Waals surface area (Å²) in [5, 5.41) is 11.3. The summed E-state index contributed by atoms with van der Waals surface area (Å²) in [5.74, 6) is 0.726. The highest BCUT2D eigenvalue weighted by Crippen LogP contribution is 2.35. The summed E-state index contributed by atoms with van der Waals surface area (Å²) in [5.41, 5.74) is 4.19. The van der Waals surface area contributed by atoms with Gasteiger partial charge in [0.15, 0.2) is 5.82 Å². The summed E-state index contributed by atoms with van der Waals surface area (Å²) >= 11 is 7.61. The third-order valence-corrected chi connectivity index (χ3v) is 5.91. The van der Waals surface area contributed by atoms with Crippen LogP contribution in [0.5, 0.6) is 0 Å². The van der Waals surface area contributed by atoms with E-state index in [1.165, 1.54) is 17.3 Å². The summed E-state index contributed by atoms with van der Waals surface area (Å²) in [6.45, 7) is 0. The Morgan fingerprint density at radius 1 is 1.00 bits per heavy atom. The first-order valence-corrected chi connectivity index (χ1v) is 10.1. The number of halogens is 1. The molecule has 0 saturated heterocycles. The predicted octanol–water partition coefficient (Wildman–Crippen LogP) is 4.41. The molecule has 0 aliphatic heterocycles. The molecule has 0 N–H and O–H groups in total. The maximum absolute atomic E-state index is 6.09. The Morgan fingerprint density at radius 2 is 1.89 bits per heavy atom. The van der Waals surface area contributed by atoms with E-state index in [0.717, 1.165) is 52.2 Å². The monoisotopic (exact) mass is 406 g/mol. The molecule has 0 radical (unpaired) electrons. The highest BCUT2D eigenvalue weighted by Gasteiger charge is 2.22. The van der Waals surface area contributed by atoms with Gasteiger partial charge in [0, 0.05) is 39.9 Å². The number of aromatic nitrogens is 6. The number of fused-ring (bicyclic) bond motifs is 1. The van der Waals surface area contributed by atoms with Gasteiger partial charge in [-0.2, -0.15) is 0 Å². The van der Waals surface area contributed by atoms with Crippen LogP contribution in [-0.4, -0.2) is 29.7 Å². The lowest BCUT2D eigenvalue weighted by molar-refractivity contribution is 0.873. The number of hydrogen-bond acceptors (Lipinski definition) is 6. The number of benzene rings is 1. The maximum Gasteiger partial charge on any atom is 0.202 e. The highest BCUT2D eigenvalue weighted by molar-refractivity contribution is 7.99. The fourth-order valence-corrected chi connectivity index (χ4v) is 4.45. The maximum atomic E-state index is 6.09. The summed E-state index contributed by atoms with van der Waals surface area (Å²) in [6.07, 6.45) is 8.29. The lowest BCUT2D eigenvalue weighted by Gasteiger charge is -2.11. The molecule has 138 valence electrons. The van der Waals surface area contributed by atoms with Crippen molar-refractivity contribution < 1.29 is 0 Å². The molecular formula is C20H15ClN6S. The third kappa shape index (κ3) is 3.16. The zero-order valence-electron chi connectivity index (χ0n) is 14.8. The second-order valence-electron chi connectivity index (χ2n) is 6.42. The van der Waals surface area contributed by atoms with Gasteiger partial charge in [0.1, 0.15) is 11.4 Å². The normalized spacial score (nSPS) is 12.9. The zero-order chi connectivity index (χ0) is 18.9. The van der Waals surface area contributed by atoms with Gasteiger partial charge in [0.25, 0.3) is 0 Å². The van der Waals surface area contributed by atoms with Crippen LogP contribution >= 0.6 is 23.4 Å². The first kappa shape index (κ1) is 17.3. The smallest absolute Gasteiger partial charge is 0.202 e. The molecule has 0 fully saturated rings. The Morgan fingerprint density at radius 3 is 2.71 bits per heavy atom. The fraction of sp³-hybridized carbons (Fsp3) is 0.150. The minimum absolute atomic E-state index is 0.683. The lowest BCUT2D eigenvalue weighted by Crippen LogP contribution is -2.01. The van der Waals surface area contributed by atoms with Crippen LogP contribution < -0.4 is 0 Å². The van der Waals surface area contributed by atoms with Gasteiger partial charge in [0.2, 0.25) is 5.16 Å². The Balaban J connectivity index is 1.63. The molecule has 1 aromatic carbocycles. The molecule has 0 atom stereocenters. The standard InChI is InChI=1S/C20H15ClN6S/c21-14-6-8-15(9-7-14)27-18(13-3-2-10-22-11-13)25-26-20(27)28-19-16-4-1-5-17(16)23-12-24-19/h2-3,6-12H,1,4-5H2. The van der Waals surface area contributed by atoms with Crippen LogP contribution in [0, 0.1) is 0 Å². The molecule has 3 heterocycles. The molecule has 0 saturated carbocycles. The van der Waals surface area contributed by atoms with E-state index >= 15 is 0 Å². The van der Waals surface area contributed by atoms with E-state index in [9.17, 15) is 0 Å². The van der Waals surface area contributed by atoms with Crippen molar-refractivity contribution in [3.05, 3.63) is 71.4 Å². The van der Waals surface area contributed by atoms with Crippen LogP contribution in [0.4, 0.5) is 0 Å².